The Morgan fingerprint density at radius 2 is 2.12 bits per heavy atom. The number of piperidine rings is 1. The Morgan fingerprint density at radius 1 is 1.29 bits per heavy atom. The second-order valence-corrected chi connectivity index (χ2v) is 8.16. The summed E-state index contributed by atoms with van der Waals surface area (Å²) in [5.74, 6) is 0.772. The minimum atomic E-state index is 0.158. The molecule has 2 aromatic rings. The van der Waals surface area contributed by atoms with E-state index in [1.165, 1.54) is 25.0 Å². The number of aromatic nitrogens is 3. The van der Waals surface area contributed by atoms with E-state index in [1.54, 1.807) is 17.5 Å². The van der Waals surface area contributed by atoms with Crippen LogP contribution in [0.15, 0.2) is 12.3 Å². The maximum absolute atomic E-state index is 13.0. The summed E-state index contributed by atoms with van der Waals surface area (Å²) in [6.45, 7) is 5.74. The number of carbonyl (C=O) groups excluding carboxylic acids is 1. The van der Waals surface area contributed by atoms with Crippen LogP contribution in [0.4, 0.5) is 0 Å². The van der Waals surface area contributed by atoms with Crippen LogP contribution in [0.1, 0.15) is 64.1 Å². The summed E-state index contributed by atoms with van der Waals surface area (Å²) in [6.07, 6.45) is 7.57. The van der Waals surface area contributed by atoms with Gasteiger partial charge in [-0.25, -0.2) is 4.98 Å². The molecule has 5 nitrogen and oxygen atoms in total. The van der Waals surface area contributed by atoms with Gasteiger partial charge in [-0.3, -0.25) is 9.48 Å². The van der Waals surface area contributed by atoms with Crippen molar-refractivity contribution in [3.05, 3.63) is 33.5 Å². The summed E-state index contributed by atoms with van der Waals surface area (Å²) in [6, 6.07) is 2.33. The third-order valence-corrected chi connectivity index (χ3v) is 6.18. The molecule has 1 aliphatic heterocycles. The number of nitrogens with zero attached hydrogens (tertiary/aromatic N) is 4. The lowest BCUT2D eigenvalue weighted by Gasteiger charge is -2.35. The standard InChI is InChI=1S/C18H24N4OS/c1-12-9-13(2)22(20-12)11-15-5-3-4-8-21(15)18(23)16-10-19-17(24-16)14-6-7-14/h9-10,14-15H,3-8,11H2,1-2H3/t15-/m1/s1. The molecule has 2 aliphatic rings. The quantitative estimate of drug-likeness (QED) is 0.852. The fourth-order valence-electron chi connectivity index (χ4n) is 3.56. The van der Waals surface area contributed by atoms with E-state index >= 15 is 0 Å². The van der Waals surface area contributed by atoms with Crippen molar-refractivity contribution in [2.75, 3.05) is 6.54 Å². The highest BCUT2D eigenvalue weighted by Gasteiger charge is 2.32. The van der Waals surface area contributed by atoms with Gasteiger partial charge in [0.1, 0.15) is 4.88 Å². The molecule has 1 saturated heterocycles. The molecule has 2 aromatic heterocycles. The zero-order valence-electron chi connectivity index (χ0n) is 14.4. The third kappa shape index (κ3) is 3.11. The molecular formula is C18H24N4OS. The van der Waals surface area contributed by atoms with Crippen LogP contribution >= 0.6 is 11.3 Å². The molecule has 0 unspecified atom stereocenters. The summed E-state index contributed by atoms with van der Waals surface area (Å²) in [5.41, 5.74) is 2.21. The topological polar surface area (TPSA) is 51.0 Å². The molecule has 1 saturated carbocycles. The van der Waals surface area contributed by atoms with Gasteiger partial charge in [0, 0.05) is 18.2 Å². The normalized spacial score (nSPS) is 21.2. The molecule has 0 aromatic carbocycles. The average Bonchev–Trinajstić information content (AvgIpc) is 3.22. The largest absolute Gasteiger partial charge is 0.333 e. The molecule has 0 N–H and O–H groups in total. The van der Waals surface area contributed by atoms with Gasteiger partial charge in [-0.1, -0.05) is 0 Å². The molecule has 128 valence electrons. The van der Waals surface area contributed by atoms with Crippen molar-refractivity contribution in [1.82, 2.24) is 19.7 Å². The molecule has 6 heteroatoms. The fraction of sp³-hybridized carbons (Fsp3) is 0.611. The van der Waals surface area contributed by atoms with Crippen LogP contribution in [-0.4, -0.2) is 38.2 Å². The molecule has 0 radical (unpaired) electrons. The number of amides is 1. The molecule has 2 fully saturated rings. The lowest BCUT2D eigenvalue weighted by molar-refractivity contribution is 0.0587. The van der Waals surface area contributed by atoms with Gasteiger partial charge in [0.15, 0.2) is 0 Å². The van der Waals surface area contributed by atoms with Crippen molar-refractivity contribution in [2.45, 2.75) is 64.5 Å². The highest BCUT2D eigenvalue weighted by molar-refractivity contribution is 7.13. The van der Waals surface area contributed by atoms with Crippen molar-refractivity contribution in [3.8, 4) is 0 Å². The first kappa shape index (κ1) is 15.8. The minimum Gasteiger partial charge on any atom is -0.333 e. The summed E-state index contributed by atoms with van der Waals surface area (Å²) < 4.78 is 2.05. The fourth-order valence-corrected chi connectivity index (χ4v) is 4.61. The number of hydrogen-bond acceptors (Lipinski definition) is 4. The van der Waals surface area contributed by atoms with Gasteiger partial charge >= 0.3 is 0 Å². The highest BCUT2D eigenvalue weighted by atomic mass is 32.1. The van der Waals surface area contributed by atoms with E-state index in [0.717, 1.165) is 41.5 Å². The van der Waals surface area contributed by atoms with Crippen LogP contribution in [0.5, 0.6) is 0 Å². The lowest BCUT2D eigenvalue weighted by atomic mass is 10.0. The molecule has 1 atom stereocenters. The molecule has 3 heterocycles. The van der Waals surface area contributed by atoms with E-state index in [4.69, 9.17) is 0 Å². The Morgan fingerprint density at radius 3 is 2.83 bits per heavy atom. The van der Waals surface area contributed by atoms with Crippen LogP contribution in [-0.2, 0) is 6.54 Å². The molecule has 1 amide bonds. The maximum Gasteiger partial charge on any atom is 0.265 e. The highest BCUT2D eigenvalue weighted by Crippen LogP contribution is 2.42. The molecule has 4 rings (SSSR count). The number of aryl methyl sites for hydroxylation is 2. The predicted octanol–water partition coefficient (Wildman–Crippen LogP) is 3.53. The second-order valence-electron chi connectivity index (χ2n) is 7.09. The lowest BCUT2D eigenvalue weighted by Crippen LogP contribution is -2.45. The van der Waals surface area contributed by atoms with E-state index < -0.39 is 0 Å². The smallest absolute Gasteiger partial charge is 0.265 e. The molecule has 1 aliphatic carbocycles. The van der Waals surface area contributed by atoms with Gasteiger partial charge in [-0.05, 0) is 52.0 Å². The van der Waals surface area contributed by atoms with Crippen molar-refractivity contribution in [2.24, 2.45) is 0 Å². The van der Waals surface area contributed by atoms with Gasteiger partial charge in [-0.2, -0.15) is 5.10 Å². The number of hydrogen-bond donors (Lipinski definition) is 0. The van der Waals surface area contributed by atoms with E-state index in [2.05, 4.69) is 28.0 Å². The second kappa shape index (κ2) is 6.31. The number of likely N-dealkylation sites (tertiary alicyclic amines) is 1. The van der Waals surface area contributed by atoms with Crippen molar-refractivity contribution < 1.29 is 4.79 Å². The Bertz CT molecular complexity index is 746. The monoisotopic (exact) mass is 344 g/mol. The predicted molar refractivity (Wildman–Crippen MR) is 94.5 cm³/mol. The van der Waals surface area contributed by atoms with Crippen molar-refractivity contribution in [3.63, 3.8) is 0 Å². The number of rotatable bonds is 4. The van der Waals surface area contributed by atoms with E-state index in [9.17, 15) is 4.79 Å². The summed E-state index contributed by atoms with van der Waals surface area (Å²) in [4.78, 5) is 20.4. The zero-order chi connectivity index (χ0) is 16.7. The molecular weight excluding hydrogens is 320 g/mol. The first-order valence-corrected chi connectivity index (χ1v) is 9.71. The summed E-state index contributed by atoms with van der Waals surface area (Å²) in [5, 5.41) is 5.72. The average molecular weight is 344 g/mol. The number of carbonyl (C=O) groups is 1. The van der Waals surface area contributed by atoms with Gasteiger partial charge in [-0.15, -0.1) is 11.3 Å². The minimum absolute atomic E-state index is 0.158. The van der Waals surface area contributed by atoms with Crippen LogP contribution in [0.25, 0.3) is 0 Å². The van der Waals surface area contributed by atoms with Crippen molar-refractivity contribution in [1.29, 1.82) is 0 Å². The van der Waals surface area contributed by atoms with Crippen molar-refractivity contribution >= 4 is 17.2 Å². The molecule has 0 spiro atoms. The summed E-state index contributed by atoms with van der Waals surface area (Å²) >= 11 is 1.60. The molecule has 0 bridgehead atoms. The van der Waals surface area contributed by atoms with Gasteiger partial charge in [0.25, 0.3) is 5.91 Å². The summed E-state index contributed by atoms with van der Waals surface area (Å²) in [7, 11) is 0. The van der Waals surface area contributed by atoms with Crippen LogP contribution < -0.4 is 0 Å². The van der Waals surface area contributed by atoms with Crippen LogP contribution in [0, 0.1) is 13.8 Å². The SMILES string of the molecule is Cc1cc(C)n(C[C@H]2CCCCN2C(=O)c2cnc(C3CC3)s2)n1. The van der Waals surface area contributed by atoms with Crippen LogP contribution in [0.2, 0.25) is 0 Å². The van der Waals surface area contributed by atoms with E-state index in [-0.39, 0.29) is 11.9 Å². The van der Waals surface area contributed by atoms with Gasteiger partial charge < -0.3 is 4.90 Å². The maximum atomic E-state index is 13.0. The van der Waals surface area contributed by atoms with Crippen LogP contribution in [0.3, 0.4) is 0 Å². The van der Waals surface area contributed by atoms with Gasteiger partial charge in [0.2, 0.25) is 0 Å². The third-order valence-electron chi connectivity index (χ3n) is 5.04. The van der Waals surface area contributed by atoms with Gasteiger partial charge in [0.05, 0.1) is 29.5 Å². The Balaban J connectivity index is 1.52. The molecule has 24 heavy (non-hydrogen) atoms. The zero-order valence-corrected chi connectivity index (χ0v) is 15.2. The van der Waals surface area contributed by atoms with E-state index in [1.807, 2.05) is 11.6 Å². The Hall–Kier alpha value is -1.69. The first-order valence-electron chi connectivity index (χ1n) is 8.89. The van der Waals surface area contributed by atoms with E-state index in [0.29, 0.717) is 5.92 Å². The Kier molecular flexibility index (Phi) is 4.16. The number of thiazole rings is 1. The Labute approximate surface area is 146 Å². The first-order chi connectivity index (χ1) is 11.6.